The fourth-order valence-electron chi connectivity index (χ4n) is 2.67. The molecule has 0 aromatic carbocycles. The Hall–Kier alpha value is -1.19. The number of rotatable bonds is 8. The van der Waals surface area contributed by atoms with E-state index in [1.165, 1.54) is 11.4 Å². The smallest absolute Gasteiger partial charge is 0.323 e. The van der Waals surface area contributed by atoms with Crippen molar-refractivity contribution < 1.29 is 27.5 Å². The Morgan fingerprint density at radius 2 is 2.00 bits per heavy atom. The minimum atomic E-state index is -3.89. The van der Waals surface area contributed by atoms with E-state index in [1.54, 1.807) is 6.92 Å². The molecule has 140 valence electrons. The zero-order chi connectivity index (χ0) is 18.3. The molecule has 0 radical (unpaired) electrons. The van der Waals surface area contributed by atoms with E-state index in [1.807, 2.05) is 13.8 Å². The quantitative estimate of drug-likeness (QED) is 0.636. The fraction of sp³-hybridized carbons (Fsp3) is 0.867. The van der Waals surface area contributed by atoms with Gasteiger partial charge in [-0.1, -0.05) is 13.8 Å². The van der Waals surface area contributed by atoms with Crippen LogP contribution in [0.2, 0.25) is 0 Å². The predicted octanol–water partition coefficient (Wildman–Crippen LogP) is 0.684. The monoisotopic (exact) mass is 364 g/mol. The molecular formula is C15H28N2O6S. The number of hydrogen-bond donors (Lipinski definition) is 1. The van der Waals surface area contributed by atoms with Crippen LogP contribution in [0, 0.1) is 11.8 Å². The van der Waals surface area contributed by atoms with Gasteiger partial charge in [0.25, 0.3) is 10.2 Å². The van der Waals surface area contributed by atoms with E-state index in [-0.39, 0.29) is 25.0 Å². The zero-order valence-corrected chi connectivity index (χ0v) is 15.6. The molecule has 0 unspecified atom stereocenters. The first-order valence-corrected chi connectivity index (χ1v) is 9.67. The van der Waals surface area contributed by atoms with Gasteiger partial charge in [0.2, 0.25) is 0 Å². The van der Waals surface area contributed by atoms with Crippen molar-refractivity contribution in [2.75, 3.05) is 26.8 Å². The van der Waals surface area contributed by atoms with Crippen molar-refractivity contribution >= 4 is 22.1 Å². The third-order valence-corrected chi connectivity index (χ3v) is 5.42. The van der Waals surface area contributed by atoms with Crippen LogP contribution in [-0.4, -0.2) is 57.5 Å². The summed E-state index contributed by atoms with van der Waals surface area (Å²) in [6, 6.07) is -0.942. The number of hydrogen-bond acceptors (Lipinski definition) is 6. The second-order valence-electron chi connectivity index (χ2n) is 6.28. The first kappa shape index (κ1) is 20.9. The minimum Gasteiger partial charge on any atom is -0.468 e. The minimum absolute atomic E-state index is 0.0593. The Morgan fingerprint density at radius 1 is 1.33 bits per heavy atom. The third kappa shape index (κ3) is 6.03. The maximum Gasteiger partial charge on any atom is 0.323 e. The normalized spacial score (nSPS) is 20.6. The molecule has 0 aromatic heterocycles. The van der Waals surface area contributed by atoms with Crippen LogP contribution in [0.4, 0.5) is 0 Å². The van der Waals surface area contributed by atoms with Gasteiger partial charge in [-0.3, -0.25) is 9.59 Å². The van der Waals surface area contributed by atoms with Crippen molar-refractivity contribution in [2.45, 2.75) is 46.1 Å². The number of methoxy groups -OCH3 is 1. The van der Waals surface area contributed by atoms with Crippen LogP contribution in [0.3, 0.4) is 0 Å². The van der Waals surface area contributed by atoms with Crippen LogP contribution in [0.15, 0.2) is 0 Å². The summed E-state index contributed by atoms with van der Waals surface area (Å²) in [7, 11) is -2.67. The topological polar surface area (TPSA) is 102 Å². The van der Waals surface area contributed by atoms with Gasteiger partial charge in [-0.2, -0.15) is 17.4 Å². The Morgan fingerprint density at radius 3 is 2.54 bits per heavy atom. The van der Waals surface area contributed by atoms with Crippen molar-refractivity contribution in [3.05, 3.63) is 0 Å². The van der Waals surface area contributed by atoms with E-state index in [0.717, 1.165) is 0 Å². The molecule has 1 rings (SSSR count). The number of ether oxygens (including phenoxy) is 2. The SMILES string of the molecule is CCOC(=O)[C@H]1CCCN(S(=O)(=O)N[C@@H](CC(C)C)C(=O)OC)C1. The molecule has 0 aliphatic carbocycles. The van der Waals surface area contributed by atoms with Gasteiger partial charge in [-0.25, -0.2) is 0 Å². The standard InChI is InChI=1S/C15H28N2O6S/c1-5-23-14(18)12-7-6-8-17(10-12)24(20,21)16-13(9-11(2)3)15(19)22-4/h11-13,16H,5-10H2,1-4H3/t12-,13-/m0/s1. The van der Waals surface area contributed by atoms with Gasteiger partial charge in [-0.15, -0.1) is 0 Å². The summed E-state index contributed by atoms with van der Waals surface area (Å²) in [5.74, 6) is -1.36. The molecule has 1 saturated heterocycles. The Bertz CT molecular complexity index is 534. The molecule has 1 heterocycles. The Kier molecular flexibility index (Phi) is 8.11. The molecule has 0 saturated carbocycles. The lowest BCUT2D eigenvalue weighted by Crippen LogP contribution is -2.52. The zero-order valence-electron chi connectivity index (χ0n) is 14.8. The maximum absolute atomic E-state index is 12.6. The van der Waals surface area contributed by atoms with Crippen LogP contribution in [0.25, 0.3) is 0 Å². The highest BCUT2D eigenvalue weighted by Crippen LogP contribution is 2.20. The molecule has 0 amide bonds. The van der Waals surface area contributed by atoms with Crippen LogP contribution in [0.1, 0.15) is 40.0 Å². The number of nitrogens with one attached hydrogen (secondary N) is 1. The van der Waals surface area contributed by atoms with Gasteiger partial charge in [0.05, 0.1) is 19.6 Å². The van der Waals surface area contributed by atoms with Gasteiger partial charge >= 0.3 is 11.9 Å². The van der Waals surface area contributed by atoms with Gasteiger partial charge < -0.3 is 9.47 Å². The van der Waals surface area contributed by atoms with Crippen LogP contribution < -0.4 is 4.72 Å². The number of carbonyl (C=O) groups excluding carboxylic acids is 2. The number of piperidine rings is 1. The molecule has 1 aliphatic heterocycles. The van der Waals surface area contributed by atoms with E-state index in [0.29, 0.717) is 25.8 Å². The average Bonchev–Trinajstić information content (AvgIpc) is 2.53. The predicted molar refractivity (Wildman–Crippen MR) is 88.2 cm³/mol. The first-order chi connectivity index (χ1) is 11.2. The number of nitrogens with zero attached hydrogens (tertiary/aromatic N) is 1. The summed E-state index contributed by atoms with van der Waals surface area (Å²) in [6.07, 6.45) is 1.50. The van der Waals surface area contributed by atoms with E-state index in [9.17, 15) is 18.0 Å². The lowest BCUT2D eigenvalue weighted by molar-refractivity contribution is -0.149. The highest BCUT2D eigenvalue weighted by molar-refractivity contribution is 7.87. The van der Waals surface area contributed by atoms with Crippen LogP contribution in [-0.2, 0) is 29.3 Å². The largest absolute Gasteiger partial charge is 0.468 e. The molecule has 0 aromatic rings. The lowest BCUT2D eigenvalue weighted by atomic mass is 10.0. The van der Waals surface area contributed by atoms with Gasteiger partial charge in [0, 0.05) is 13.1 Å². The summed E-state index contributed by atoms with van der Waals surface area (Å²) in [5, 5.41) is 0. The molecule has 0 spiro atoms. The number of carbonyl (C=O) groups is 2. The first-order valence-electron chi connectivity index (χ1n) is 8.23. The van der Waals surface area contributed by atoms with Gasteiger partial charge in [0.1, 0.15) is 6.04 Å². The Labute approximate surface area is 144 Å². The van der Waals surface area contributed by atoms with Crippen LogP contribution in [0.5, 0.6) is 0 Å². The second-order valence-corrected chi connectivity index (χ2v) is 7.98. The summed E-state index contributed by atoms with van der Waals surface area (Å²) in [6.45, 7) is 6.12. The summed E-state index contributed by atoms with van der Waals surface area (Å²) < 4.78 is 38.4. The molecule has 1 N–H and O–H groups in total. The molecule has 2 atom stereocenters. The lowest BCUT2D eigenvalue weighted by Gasteiger charge is -2.31. The van der Waals surface area contributed by atoms with Crippen molar-refractivity contribution in [1.29, 1.82) is 0 Å². The van der Waals surface area contributed by atoms with Crippen LogP contribution >= 0.6 is 0 Å². The summed E-state index contributed by atoms with van der Waals surface area (Å²) in [4.78, 5) is 23.7. The highest BCUT2D eigenvalue weighted by atomic mass is 32.2. The molecular weight excluding hydrogens is 336 g/mol. The average molecular weight is 364 g/mol. The molecule has 0 bridgehead atoms. The highest BCUT2D eigenvalue weighted by Gasteiger charge is 2.35. The Balaban J connectivity index is 2.81. The van der Waals surface area contributed by atoms with Crippen molar-refractivity contribution in [2.24, 2.45) is 11.8 Å². The van der Waals surface area contributed by atoms with Crippen molar-refractivity contribution in [1.82, 2.24) is 9.03 Å². The molecule has 24 heavy (non-hydrogen) atoms. The van der Waals surface area contributed by atoms with E-state index in [2.05, 4.69) is 9.46 Å². The van der Waals surface area contributed by atoms with E-state index in [4.69, 9.17) is 4.74 Å². The summed E-state index contributed by atoms with van der Waals surface area (Å²) >= 11 is 0. The molecule has 9 heteroatoms. The summed E-state index contributed by atoms with van der Waals surface area (Å²) in [5.41, 5.74) is 0. The third-order valence-electron chi connectivity index (χ3n) is 3.83. The van der Waals surface area contributed by atoms with Gasteiger partial charge in [0.15, 0.2) is 0 Å². The number of esters is 2. The molecule has 1 fully saturated rings. The second kappa shape index (κ2) is 9.33. The molecule has 8 nitrogen and oxygen atoms in total. The van der Waals surface area contributed by atoms with E-state index < -0.39 is 28.1 Å². The van der Waals surface area contributed by atoms with Gasteiger partial charge in [-0.05, 0) is 32.1 Å². The van der Waals surface area contributed by atoms with Crippen molar-refractivity contribution in [3.63, 3.8) is 0 Å². The fourth-order valence-corrected chi connectivity index (χ4v) is 4.12. The molecule has 1 aliphatic rings. The maximum atomic E-state index is 12.6. The van der Waals surface area contributed by atoms with E-state index >= 15 is 0 Å². The van der Waals surface area contributed by atoms with Crippen molar-refractivity contribution in [3.8, 4) is 0 Å².